The van der Waals surface area contributed by atoms with Gasteiger partial charge in [-0.2, -0.15) is 0 Å². The lowest BCUT2D eigenvalue weighted by Gasteiger charge is -2.14. The molecule has 0 saturated carbocycles. The van der Waals surface area contributed by atoms with E-state index in [1.165, 1.54) is 0 Å². The van der Waals surface area contributed by atoms with Crippen molar-refractivity contribution >= 4 is 45.1 Å². The van der Waals surface area contributed by atoms with E-state index in [4.69, 9.17) is 0 Å². The number of halogens is 1. The van der Waals surface area contributed by atoms with Crippen molar-refractivity contribution in [3.8, 4) is 0 Å². The van der Waals surface area contributed by atoms with Crippen LogP contribution in [-0.4, -0.2) is 48.9 Å². The second-order valence-electron chi connectivity index (χ2n) is 7.84. The molecule has 2 heterocycles. The third kappa shape index (κ3) is 4.02. The molecule has 0 bridgehead atoms. The van der Waals surface area contributed by atoms with Crippen LogP contribution in [0.1, 0.15) is 45.7 Å². The van der Waals surface area contributed by atoms with E-state index in [9.17, 15) is 9.59 Å². The number of hydrogen-bond acceptors (Lipinski definition) is 3. The second kappa shape index (κ2) is 8.16. The summed E-state index contributed by atoms with van der Waals surface area (Å²) in [6, 6.07) is 5.75. The summed E-state index contributed by atoms with van der Waals surface area (Å²) in [7, 11) is 3.96. The first-order valence-corrected chi connectivity index (χ1v) is 10.7. The van der Waals surface area contributed by atoms with E-state index in [1.807, 2.05) is 43.3 Å². The third-order valence-electron chi connectivity index (χ3n) is 5.48. The number of aromatic nitrogens is 1. The van der Waals surface area contributed by atoms with Crippen molar-refractivity contribution in [1.29, 1.82) is 0 Å². The Kier molecular flexibility index (Phi) is 5.61. The lowest BCUT2D eigenvalue weighted by Crippen LogP contribution is -2.32. The summed E-state index contributed by atoms with van der Waals surface area (Å²) in [5, 5.41) is 5.92. The van der Waals surface area contributed by atoms with E-state index in [1.54, 1.807) is 0 Å². The van der Waals surface area contributed by atoms with Crippen molar-refractivity contribution in [2.75, 3.05) is 32.5 Å². The predicted molar refractivity (Wildman–Crippen MR) is 119 cm³/mol. The number of H-pyrrole nitrogens is 1. The first-order valence-electron chi connectivity index (χ1n) is 9.93. The van der Waals surface area contributed by atoms with Crippen molar-refractivity contribution in [2.24, 2.45) is 0 Å². The fraction of sp³-hybridized carbons (Fsp3) is 0.364. The smallest absolute Gasteiger partial charge is 0.268 e. The zero-order valence-corrected chi connectivity index (χ0v) is 18.3. The molecule has 2 aliphatic rings. The molecule has 1 aliphatic heterocycles. The monoisotopic (exact) mass is 456 g/mol. The van der Waals surface area contributed by atoms with Crippen molar-refractivity contribution in [2.45, 2.75) is 25.7 Å². The van der Waals surface area contributed by atoms with Crippen LogP contribution in [-0.2, 0) is 17.6 Å². The van der Waals surface area contributed by atoms with Gasteiger partial charge in [0.2, 0.25) is 0 Å². The third-order valence-corrected chi connectivity index (χ3v) is 5.97. The van der Waals surface area contributed by atoms with E-state index in [-0.39, 0.29) is 11.8 Å². The number of nitrogens with zero attached hydrogens (tertiary/aromatic N) is 1. The number of carbonyl (C=O) groups excluding carboxylic acids is 2. The van der Waals surface area contributed by atoms with Crippen LogP contribution < -0.4 is 10.6 Å². The fourth-order valence-corrected chi connectivity index (χ4v) is 4.37. The van der Waals surface area contributed by atoms with Crippen LogP contribution in [0.5, 0.6) is 0 Å². The molecule has 2 amide bonds. The number of likely N-dealkylation sites (N-methyl/N-ethyl adjacent to an activating group) is 1. The van der Waals surface area contributed by atoms with Crippen LogP contribution >= 0.6 is 15.9 Å². The van der Waals surface area contributed by atoms with E-state index in [0.717, 1.165) is 64.8 Å². The standard InChI is InChI=1S/C22H25BrN4O2/c1-27(2)10-9-24-22(29)20-15-6-4-3-5-14(15)19(25-20)12-17-16-11-13(23)7-8-18(16)26-21(17)28/h7-8,11-12,25H,3-6,9-10H2,1-2H3,(H,24,29)(H,26,28). The van der Waals surface area contributed by atoms with Crippen LogP contribution in [0.2, 0.25) is 0 Å². The molecule has 152 valence electrons. The van der Waals surface area contributed by atoms with Gasteiger partial charge < -0.3 is 20.5 Å². The van der Waals surface area contributed by atoms with Gasteiger partial charge in [-0.1, -0.05) is 15.9 Å². The van der Waals surface area contributed by atoms with Crippen LogP contribution in [0, 0.1) is 0 Å². The topological polar surface area (TPSA) is 77.2 Å². The van der Waals surface area contributed by atoms with E-state index < -0.39 is 0 Å². The Hall–Kier alpha value is -2.38. The molecular formula is C22H25BrN4O2. The quantitative estimate of drug-likeness (QED) is 0.603. The SMILES string of the molecule is CN(C)CCNC(=O)c1[nH]c(C=C2C(=O)Nc3ccc(Br)cc32)c2c1CCCC2. The molecule has 0 spiro atoms. The highest BCUT2D eigenvalue weighted by atomic mass is 79.9. The average molecular weight is 457 g/mol. The van der Waals surface area contributed by atoms with Gasteiger partial charge in [0, 0.05) is 34.5 Å². The summed E-state index contributed by atoms with van der Waals surface area (Å²) in [5.74, 6) is -0.192. The number of aromatic amines is 1. The molecule has 1 aromatic heterocycles. The van der Waals surface area contributed by atoms with E-state index in [2.05, 4.69) is 31.5 Å². The Morgan fingerprint density at radius 1 is 1.24 bits per heavy atom. The van der Waals surface area contributed by atoms with Crippen molar-refractivity contribution in [3.05, 3.63) is 50.8 Å². The van der Waals surface area contributed by atoms with Gasteiger partial charge in [0.15, 0.2) is 0 Å². The minimum atomic E-state index is -0.116. The molecule has 6 nitrogen and oxygen atoms in total. The number of rotatable bonds is 5. The zero-order valence-electron chi connectivity index (χ0n) is 16.7. The molecule has 0 unspecified atom stereocenters. The Morgan fingerprint density at radius 2 is 2.00 bits per heavy atom. The molecule has 4 rings (SSSR count). The van der Waals surface area contributed by atoms with E-state index in [0.29, 0.717) is 17.8 Å². The zero-order chi connectivity index (χ0) is 20.5. The highest BCUT2D eigenvalue weighted by Crippen LogP contribution is 2.37. The Labute approximate surface area is 178 Å². The lowest BCUT2D eigenvalue weighted by atomic mass is 9.91. The summed E-state index contributed by atoms with van der Waals surface area (Å²) >= 11 is 3.48. The molecule has 0 atom stereocenters. The number of anilines is 1. The average Bonchev–Trinajstić information content (AvgIpc) is 3.20. The Balaban J connectivity index is 1.69. The second-order valence-corrected chi connectivity index (χ2v) is 8.75. The normalized spacial score (nSPS) is 16.7. The van der Waals surface area contributed by atoms with Gasteiger partial charge in [0.1, 0.15) is 5.69 Å². The summed E-state index contributed by atoms with van der Waals surface area (Å²) < 4.78 is 0.924. The minimum absolute atomic E-state index is 0.0753. The maximum atomic E-state index is 12.8. The maximum Gasteiger partial charge on any atom is 0.268 e. The number of carbonyl (C=O) groups is 2. The lowest BCUT2D eigenvalue weighted by molar-refractivity contribution is -0.110. The first kappa shape index (κ1) is 19.9. The number of benzene rings is 1. The van der Waals surface area contributed by atoms with Crippen LogP contribution in [0.25, 0.3) is 11.6 Å². The number of fused-ring (bicyclic) bond motifs is 2. The Bertz CT molecular complexity index is 1010. The van der Waals surface area contributed by atoms with Gasteiger partial charge in [-0.3, -0.25) is 9.59 Å². The summed E-state index contributed by atoms with van der Waals surface area (Å²) in [4.78, 5) is 30.7. The van der Waals surface area contributed by atoms with Gasteiger partial charge in [-0.25, -0.2) is 0 Å². The molecule has 1 aliphatic carbocycles. The molecule has 2 aromatic rings. The van der Waals surface area contributed by atoms with E-state index >= 15 is 0 Å². The molecule has 1 aromatic carbocycles. The molecule has 0 saturated heterocycles. The molecule has 3 N–H and O–H groups in total. The summed E-state index contributed by atoms with van der Waals surface area (Å²) in [5.41, 5.74) is 6.08. The van der Waals surface area contributed by atoms with Gasteiger partial charge in [0.05, 0.1) is 5.57 Å². The highest BCUT2D eigenvalue weighted by Gasteiger charge is 2.27. The van der Waals surface area contributed by atoms with Gasteiger partial charge in [0.25, 0.3) is 11.8 Å². The molecule has 0 fully saturated rings. The predicted octanol–water partition coefficient (Wildman–Crippen LogP) is 3.44. The number of nitrogens with one attached hydrogen (secondary N) is 3. The first-order chi connectivity index (χ1) is 13.9. The fourth-order valence-electron chi connectivity index (χ4n) is 4.01. The minimum Gasteiger partial charge on any atom is -0.351 e. The van der Waals surface area contributed by atoms with Crippen LogP contribution in [0.3, 0.4) is 0 Å². The maximum absolute atomic E-state index is 12.8. The van der Waals surface area contributed by atoms with Crippen molar-refractivity contribution < 1.29 is 9.59 Å². The number of amides is 2. The van der Waals surface area contributed by atoms with Crippen LogP contribution in [0.4, 0.5) is 5.69 Å². The van der Waals surface area contributed by atoms with Gasteiger partial charge >= 0.3 is 0 Å². The molecule has 7 heteroatoms. The molecule has 29 heavy (non-hydrogen) atoms. The highest BCUT2D eigenvalue weighted by molar-refractivity contribution is 9.10. The largest absolute Gasteiger partial charge is 0.351 e. The summed E-state index contributed by atoms with van der Waals surface area (Å²) in [6.07, 6.45) is 5.88. The molecular weight excluding hydrogens is 432 g/mol. The Morgan fingerprint density at radius 3 is 2.76 bits per heavy atom. The van der Waals surface area contributed by atoms with Crippen molar-refractivity contribution in [3.63, 3.8) is 0 Å². The number of hydrogen-bond donors (Lipinski definition) is 3. The summed E-state index contributed by atoms with van der Waals surface area (Å²) in [6.45, 7) is 1.39. The molecule has 0 radical (unpaired) electrons. The van der Waals surface area contributed by atoms with Crippen molar-refractivity contribution in [1.82, 2.24) is 15.2 Å². The van der Waals surface area contributed by atoms with Gasteiger partial charge in [-0.15, -0.1) is 0 Å². The van der Waals surface area contributed by atoms with Gasteiger partial charge in [-0.05, 0) is 75.2 Å². The van der Waals surface area contributed by atoms with Crippen LogP contribution in [0.15, 0.2) is 22.7 Å².